The lowest BCUT2D eigenvalue weighted by Gasteiger charge is -2.57. The summed E-state index contributed by atoms with van der Waals surface area (Å²) in [4.78, 5) is 28.1. The summed E-state index contributed by atoms with van der Waals surface area (Å²) >= 11 is 0. The molecule has 2 aromatic carbocycles. The molecule has 1 amide bonds. The highest BCUT2D eigenvalue weighted by Crippen LogP contribution is 2.64. The van der Waals surface area contributed by atoms with Gasteiger partial charge in [0.15, 0.2) is 0 Å². The van der Waals surface area contributed by atoms with Crippen molar-refractivity contribution in [3.8, 4) is 5.75 Å². The third kappa shape index (κ3) is 7.72. The Labute approximate surface area is 291 Å². The molecule has 7 fully saturated rings. The van der Waals surface area contributed by atoms with Gasteiger partial charge in [0, 0.05) is 64.3 Å². The zero-order chi connectivity index (χ0) is 34.2. The van der Waals surface area contributed by atoms with E-state index in [0.717, 1.165) is 94.6 Å². The highest BCUT2D eigenvalue weighted by Gasteiger charge is 2.66. The smallest absolute Gasteiger partial charge is 0.294 e. The Morgan fingerprint density at radius 2 is 1.49 bits per heavy atom. The van der Waals surface area contributed by atoms with Crippen LogP contribution in [0.1, 0.15) is 88.2 Å². The minimum absolute atomic E-state index is 0.0666. The van der Waals surface area contributed by atoms with Crippen LogP contribution in [-0.4, -0.2) is 79.6 Å². The number of carbonyl (C=O) groups is 1. The first-order valence-corrected chi connectivity index (χ1v) is 19.8. The fourth-order valence-electron chi connectivity index (χ4n) is 9.50. The average molecular weight is 697 g/mol. The van der Waals surface area contributed by atoms with Crippen LogP contribution in [-0.2, 0) is 29.4 Å². The van der Waals surface area contributed by atoms with Gasteiger partial charge < -0.3 is 14.4 Å². The van der Waals surface area contributed by atoms with E-state index in [4.69, 9.17) is 23.8 Å². The Bertz CT molecular complexity index is 1520. The summed E-state index contributed by atoms with van der Waals surface area (Å²) in [7, 11) is -4.02. The highest BCUT2D eigenvalue weighted by atomic mass is 32.2. The van der Waals surface area contributed by atoms with Crippen molar-refractivity contribution < 1.29 is 37.0 Å². The number of benzene rings is 2. The van der Waals surface area contributed by atoms with E-state index in [1.54, 1.807) is 19.1 Å². The first kappa shape index (κ1) is 34.9. The van der Waals surface area contributed by atoms with Crippen LogP contribution in [0.5, 0.6) is 5.75 Å². The van der Waals surface area contributed by atoms with Crippen LogP contribution >= 0.6 is 0 Å². The van der Waals surface area contributed by atoms with Crippen molar-refractivity contribution in [3.63, 3.8) is 0 Å². The summed E-state index contributed by atoms with van der Waals surface area (Å²) < 4.78 is 42.5. The zero-order valence-electron chi connectivity index (χ0n) is 28.9. The van der Waals surface area contributed by atoms with Gasteiger partial charge >= 0.3 is 0 Å². The molecule has 2 aromatic rings. The number of ether oxygens (including phenoxy) is 2. The fraction of sp³-hybridized carbons (Fsp3) is 0.658. The summed E-state index contributed by atoms with van der Waals surface area (Å²) in [6.07, 6.45) is 11.4. The van der Waals surface area contributed by atoms with Crippen molar-refractivity contribution in [1.29, 1.82) is 0 Å². The van der Waals surface area contributed by atoms with Gasteiger partial charge in [-0.1, -0.05) is 29.8 Å². The first-order valence-electron chi connectivity index (χ1n) is 18.3. The molecule has 2 saturated heterocycles. The summed E-state index contributed by atoms with van der Waals surface area (Å²) in [6.45, 7) is 8.84. The van der Waals surface area contributed by atoms with Crippen LogP contribution in [0, 0.1) is 30.6 Å². The van der Waals surface area contributed by atoms with Crippen molar-refractivity contribution in [2.24, 2.45) is 23.7 Å². The molecule has 4 bridgehead atoms. The van der Waals surface area contributed by atoms with Gasteiger partial charge in [-0.05, 0) is 106 Å². The van der Waals surface area contributed by atoms with E-state index in [0.29, 0.717) is 17.8 Å². The van der Waals surface area contributed by atoms with Crippen molar-refractivity contribution in [2.45, 2.75) is 100 Å². The topological polar surface area (TPSA) is 115 Å². The Hall–Kier alpha value is -2.54. The number of rotatable bonds is 7. The molecule has 49 heavy (non-hydrogen) atoms. The molecule has 0 radical (unpaired) electrons. The number of hydrogen-bond acceptors (Lipinski definition) is 8. The molecule has 0 unspecified atom stereocenters. The van der Waals surface area contributed by atoms with Crippen LogP contribution in [0.25, 0.3) is 0 Å². The van der Waals surface area contributed by atoms with E-state index < -0.39 is 21.7 Å². The molecule has 7 aliphatic rings. The van der Waals surface area contributed by atoms with Gasteiger partial charge in [-0.3, -0.25) is 14.2 Å². The predicted octanol–water partition coefficient (Wildman–Crippen LogP) is 6.35. The number of hydrogen-bond donors (Lipinski definition) is 1. The first-order chi connectivity index (χ1) is 23.5. The number of piperazine rings is 1. The lowest BCUT2D eigenvalue weighted by Crippen LogP contribution is -2.59. The third-order valence-corrected chi connectivity index (χ3v) is 12.9. The van der Waals surface area contributed by atoms with Gasteiger partial charge in [-0.15, -0.1) is 0 Å². The highest BCUT2D eigenvalue weighted by molar-refractivity contribution is 7.85. The second-order valence-electron chi connectivity index (χ2n) is 15.4. The van der Waals surface area contributed by atoms with Crippen molar-refractivity contribution in [1.82, 2.24) is 9.80 Å². The third-order valence-electron chi connectivity index (χ3n) is 12.1. The van der Waals surface area contributed by atoms with Crippen LogP contribution in [0.15, 0.2) is 53.4 Å². The van der Waals surface area contributed by atoms with E-state index in [2.05, 4.69) is 29.2 Å². The molecule has 5 saturated carbocycles. The summed E-state index contributed by atoms with van der Waals surface area (Å²) in [5.41, 5.74) is 2.34. The summed E-state index contributed by atoms with van der Waals surface area (Å²) in [5, 5.41) is 0. The lowest BCUT2D eigenvalue weighted by atomic mass is 9.53. The lowest BCUT2D eigenvalue weighted by molar-refractivity contribution is -0.390. The molecule has 10 nitrogen and oxygen atoms in total. The van der Waals surface area contributed by atoms with Gasteiger partial charge in [0.05, 0.1) is 11.5 Å². The number of nitrogens with zero attached hydrogens (tertiary/aromatic N) is 2. The summed E-state index contributed by atoms with van der Waals surface area (Å²) in [6, 6.07) is 14.7. The van der Waals surface area contributed by atoms with E-state index >= 15 is 0 Å². The van der Waals surface area contributed by atoms with Crippen LogP contribution < -0.4 is 4.74 Å². The largest absolute Gasteiger partial charge is 0.494 e. The fourth-order valence-corrected chi connectivity index (χ4v) is 9.98. The van der Waals surface area contributed by atoms with Crippen molar-refractivity contribution in [3.05, 3.63) is 59.7 Å². The van der Waals surface area contributed by atoms with E-state index in [9.17, 15) is 13.2 Å². The Kier molecular flexibility index (Phi) is 10.1. The molecule has 5 aliphatic carbocycles. The van der Waals surface area contributed by atoms with Crippen molar-refractivity contribution in [2.75, 3.05) is 39.3 Å². The number of carbonyl (C=O) groups excluding carboxylic acids is 1. The average Bonchev–Trinajstić information content (AvgIpc) is 3.46. The second-order valence-corrected chi connectivity index (χ2v) is 16.8. The number of aryl methyl sites for hydroxylation is 1. The molecule has 11 heteroatoms. The SMILES string of the molecule is CC(=O)N1CCN(CCCOc2ccc(C3CCC4(CC3)OOC3(O4)C4CC5CC(C4)CC3C5)cc2)CC1.Cc1ccc(S(=O)(=O)O)cc1. The molecule has 0 atom stereocenters. The van der Waals surface area contributed by atoms with E-state index in [-0.39, 0.29) is 10.8 Å². The second kappa shape index (κ2) is 14.2. The monoisotopic (exact) mass is 696 g/mol. The minimum atomic E-state index is -4.02. The maximum absolute atomic E-state index is 11.5. The molecule has 2 spiro atoms. The molecular weight excluding hydrogens is 644 g/mol. The zero-order valence-corrected chi connectivity index (χ0v) is 29.7. The van der Waals surface area contributed by atoms with Crippen LogP contribution in [0.4, 0.5) is 0 Å². The molecule has 0 aromatic heterocycles. The molecule has 9 rings (SSSR count). The molecular formula is C38H52N2O8S. The van der Waals surface area contributed by atoms with Gasteiger partial charge in [-0.2, -0.15) is 18.2 Å². The van der Waals surface area contributed by atoms with Gasteiger partial charge in [0.25, 0.3) is 10.1 Å². The summed E-state index contributed by atoms with van der Waals surface area (Å²) in [5.74, 6) is 3.52. The maximum atomic E-state index is 11.5. The molecule has 1 N–H and O–H groups in total. The molecule has 2 aliphatic heterocycles. The Balaban J connectivity index is 0.000000295. The quantitative estimate of drug-likeness (QED) is 0.201. The number of amides is 1. The van der Waals surface area contributed by atoms with Gasteiger partial charge in [0.2, 0.25) is 17.5 Å². The Morgan fingerprint density at radius 1 is 0.878 bits per heavy atom. The minimum Gasteiger partial charge on any atom is -0.494 e. The maximum Gasteiger partial charge on any atom is 0.294 e. The normalized spacial score (nSPS) is 33.9. The van der Waals surface area contributed by atoms with Gasteiger partial charge in [-0.25, -0.2) is 0 Å². The van der Waals surface area contributed by atoms with E-state index in [1.807, 2.05) is 11.8 Å². The van der Waals surface area contributed by atoms with Crippen LogP contribution in [0.2, 0.25) is 0 Å². The van der Waals surface area contributed by atoms with Gasteiger partial charge in [0.1, 0.15) is 5.75 Å². The van der Waals surface area contributed by atoms with Crippen molar-refractivity contribution >= 4 is 16.0 Å². The van der Waals surface area contributed by atoms with Crippen LogP contribution in [0.3, 0.4) is 0 Å². The predicted molar refractivity (Wildman–Crippen MR) is 183 cm³/mol. The standard InChI is InChI=1S/C31H44N2O5.C7H8O3S/c1-22(34)33-14-12-32(13-15-33)11-2-16-35-29-5-3-25(4-6-29)26-7-9-30(10-8-26)36-31(38-37-30)27-18-23-17-24(20-27)21-28(31)19-23;1-6-2-4-7(5-3-6)11(8,9)10/h3-6,23-24,26-28H,2,7-21H2,1H3;2-5H,1H3,(H,8,9,10). The van der Waals surface area contributed by atoms with E-state index in [1.165, 1.54) is 49.8 Å². The molecule has 2 heterocycles. The molecule has 268 valence electrons. The Morgan fingerprint density at radius 3 is 2.06 bits per heavy atom.